The number of thioether (sulfide) groups is 1. The van der Waals surface area contributed by atoms with E-state index >= 15 is 0 Å². The van der Waals surface area contributed by atoms with Gasteiger partial charge in [0.2, 0.25) is 0 Å². The number of pyridine rings is 1. The highest BCUT2D eigenvalue weighted by Gasteiger charge is 2.39. The van der Waals surface area contributed by atoms with Gasteiger partial charge in [-0.15, -0.1) is 11.8 Å². The first-order valence-electron chi connectivity index (χ1n) is 4.98. The Morgan fingerprint density at radius 1 is 1.42 bits per heavy atom. The van der Waals surface area contributed by atoms with E-state index in [1.54, 1.807) is 5.32 Å². The fourth-order valence-electron chi connectivity index (χ4n) is 1.03. The van der Waals surface area contributed by atoms with Gasteiger partial charge in [-0.05, 0) is 12.1 Å². The zero-order valence-electron chi connectivity index (χ0n) is 9.40. The highest BCUT2D eigenvalue weighted by molar-refractivity contribution is 7.99. The summed E-state index contributed by atoms with van der Waals surface area (Å²) in [7, 11) is 0. The maximum absolute atomic E-state index is 12.1. The van der Waals surface area contributed by atoms with Crippen LogP contribution in [0.5, 0.6) is 0 Å². The van der Waals surface area contributed by atoms with Gasteiger partial charge in [-0.1, -0.05) is 0 Å². The molecule has 0 aliphatic heterocycles. The van der Waals surface area contributed by atoms with Crippen LogP contribution in [0.1, 0.15) is 6.42 Å². The number of aromatic nitrogens is 1. The van der Waals surface area contributed by atoms with E-state index in [4.69, 9.17) is 5.11 Å². The highest BCUT2D eigenvalue weighted by Crippen LogP contribution is 2.26. The summed E-state index contributed by atoms with van der Waals surface area (Å²) in [5.74, 6) is -2.98. The molecule has 0 radical (unpaired) electrons. The van der Waals surface area contributed by atoms with Gasteiger partial charge in [-0.3, -0.25) is 9.59 Å². The molecule has 1 heterocycles. The molecule has 9 heteroatoms. The lowest BCUT2D eigenvalue weighted by Crippen LogP contribution is -2.30. The number of hydrogen-bond acceptors (Lipinski definition) is 4. The first-order valence-corrected chi connectivity index (χ1v) is 5.97. The summed E-state index contributed by atoms with van der Waals surface area (Å²) in [6, 6.07) is 2.63. The molecule has 0 aliphatic rings. The van der Waals surface area contributed by atoms with Crippen LogP contribution in [0.25, 0.3) is 0 Å². The number of aliphatic carboxylic acids is 1. The molecule has 0 saturated carbocycles. The van der Waals surface area contributed by atoms with Gasteiger partial charge in [0.05, 0.1) is 12.1 Å². The molecule has 0 unspecified atom stereocenters. The fourth-order valence-corrected chi connectivity index (χ4v) is 1.91. The first-order chi connectivity index (χ1) is 8.80. The van der Waals surface area contributed by atoms with E-state index in [-0.39, 0.29) is 22.9 Å². The molecule has 104 valence electrons. The van der Waals surface area contributed by atoms with Gasteiger partial charge >= 0.3 is 18.1 Å². The van der Waals surface area contributed by atoms with Gasteiger partial charge < -0.3 is 10.4 Å². The number of carboxylic acid groups (broad SMARTS) is 1. The molecular formula is C10H9F3N2O3S. The average molecular weight is 294 g/mol. The number of halogens is 3. The van der Waals surface area contributed by atoms with E-state index in [0.717, 1.165) is 11.8 Å². The number of nitrogens with zero attached hydrogens (tertiary/aromatic N) is 1. The number of alkyl halides is 3. The summed E-state index contributed by atoms with van der Waals surface area (Å²) in [5.41, 5.74) is -0.0970. The van der Waals surface area contributed by atoms with Gasteiger partial charge in [0, 0.05) is 11.9 Å². The Labute approximate surface area is 110 Å². The third-order valence-electron chi connectivity index (χ3n) is 1.83. The van der Waals surface area contributed by atoms with Crippen molar-refractivity contribution in [3.63, 3.8) is 0 Å². The van der Waals surface area contributed by atoms with Crippen molar-refractivity contribution in [1.29, 1.82) is 0 Å². The SMILES string of the molecule is O=C(O)CCSc1ncccc1NC(=O)C(F)(F)F. The second-order valence-corrected chi connectivity index (χ2v) is 4.38. The molecular weight excluding hydrogens is 285 g/mol. The second-order valence-electron chi connectivity index (χ2n) is 3.30. The molecule has 0 atom stereocenters. The molecule has 1 rings (SSSR count). The first kappa shape index (κ1) is 15.3. The average Bonchev–Trinajstić information content (AvgIpc) is 2.29. The third-order valence-corrected chi connectivity index (χ3v) is 2.84. The maximum atomic E-state index is 12.1. The Kier molecular flexibility index (Phi) is 5.16. The minimum Gasteiger partial charge on any atom is -0.481 e. The quantitative estimate of drug-likeness (QED) is 0.813. The number of anilines is 1. The Morgan fingerprint density at radius 3 is 2.68 bits per heavy atom. The summed E-state index contributed by atoms with van der Waals surface area (Å²) in [6.45, 7) is 0. The molecule has 1 aromatic heterocycles. The van der Waals surface area contributed by atoms with Crippen molar-refractivity contribution >= 4 is 29.3 Å². The molecule has 5 nitrogen and oxygen atoms in total. The van der Waals surface area contributed by atoms with Gasteiger partial charge in [0.1, 0.15) is 5.03 Å². The predicted octanol–water partition coefficient (Wildman–Crippen LogP) is 2.15. The van der Waals surface area contributed by atoms with Crippen molar-refractivity contribution in [3.05, 3.63) is 18.3 Å². The van der Waals surface area contributed by atoms with Crippen molar-refractivity contribution in [2.45, 2.75) is 17.6 Å². The molecule has 0 saturated heterocycles. The van der Waals surface area contributed by atoms with Crippen molar-refractivity contribution < 1.29 is 27.9 Å². The zero-order chi connectivity index (χ0) is 14.5. The predicted molar refractivity (Wildman–Crippen MR) is 61.9 cm³/mol. The van der Waals surface area contributed by atoms with Crippen LogP contribution >= 0.6 is 11.8 Å². The molecule has 0 bridgehead atoms. The fraction of sp³-hybridized carbons (Fsp3) is 0.300. The van der Waals surface area contributed by atoms with Crippen molar-refractivity contribution in [2.75, 3.05) is 11.1 Å². The van der Waals surface area contributed by atoms with E-state index in [1.165, 1.54) is 18.3 Å². The van der Waals surface area contributed by atoms with E-state index in [9.17, 15) is 22.8 Å². The topological polar surface area (TPSA) is 79.3 Å². The number of rotatable bonds is 5. The van der Waals surface area contributed by atoms with Crippen molar-refractivity contribution in [3.8, 4) is 0 Å². The van der Waals surface area contributed by atoms with Crippen LogP contribution in [-0.2, 0) is 9.59 Å². The molecule has 1 amide bonds. The van der Waals surface area contributed by atoms with Crippen LogP contribution in [0.15, 0.2) is 23.4 Å². The molecule has 2 N–H and O–H groups in total. The second kappa shape index (κ2) is 6.41. The van der Waals surface area contributed by atoms with E-state index in [2.05, 4.69) is 4.98 Å². The number of carbonyl (C=O) groups is 2. The van der Waals surface area contributed by atoms with Crippen molar-refractivity contribution in [2.24, 2.45) is 0 Å². The van der Waals surface area contributed by atoms with Gasteiger partial charge in [0.15, 0.2) is 0 Å². The third kappa shape index (κ3) is 5.16. The minimum atomic E-state index is -4.99. The monoisotopic (exact) mass is 294 g/mol. The molecule has 0 spiro atoms. The number of carboxylic acids is 1. The lowest BCUT2D eigenvalue weighted by atomic mass is 10.4. The minimum absolute atomic E-state index is 0.0970. The highest BCUT2D eigenvalue weighted by atomic mass is 32.2. The molecule has 0 fully saturated rings. The van der Waals surface area contributed by atoms with E-state index < -0.39 is 18.1 Å². The zero-order valence-corrected chi connectivity index (χ0v) is 10.2. The smallest absolute Gasteiger partial charge is 0.471 e. The molecule has 0 aliphatic carbocycles. The van der Waals surface area contributed by atoms with Crippen molar-refractivity contribution in [1.82, 2.24) is 4.98 Å². The van der Waals surface area contributed by atoms with Crippen LogP contribution < -0.4 is 5.32 Å². The van der Waals surface area contributed by atoms with Gasteiger partial charge in [-0.2, -0.15) is 13.2 Å². The summed E-state index contributed by atoms with van der Waals surface area (Å²) in [4.78, 5) is 24.9. The van der Waals surface area contributed by atoms with Crippen LogP contribution in [-0.4, -0.2) is 33.9 Å². The van der Waals surface area contributed by atoms with Gasteiger partial charge in [0.25, 0.3) is 0 Å². The van der Waals surface area contributed by atoms with E-state index in [0.29, 0.717) is 0 Å². The maximum Gasteiger partial charge on any atom is 0.471 e. The molecule has 0 aromatic carbocycles. The molecule has 1 aromatic rings. The Balaban J connectivity index is 2.73. The number of nitrogens with one attached hydrogen (secondary N) is 1. The Bertz CT molecular complexity index is 479. The van der Waals surface area contributed by atoms with Gasteiger partial charge in [-0.25, -0.2) is 4.98 Å². The summed E-state index contributed by atoms with van der Waals surface area (Å²) in [5, 5.41) is 10.3. The summed E-state index contributed by atoms with van der Waals surface area (Å²) in [6.07, 6.45) is -3.81. The largest absolute Gasteiger partial charge is 0.481 e. The Hall–Kier alpha value is -1.77. The lowest BCUT2D eigenvalue weighted by molar-refractivity contribution is -0.167. The molecule has 19 heavy (non-hydrogen) atoms. The number of amides is 1. The van der Waals surface area contributed by atoms with Crippen LogP contribution in [0.2, 0.25) is 0 Å². The summed E-state index contributed by atoms with van der Waals surface area (Å²) >= 11 is 0.954. The van der Waals surface area contributed by atoms with E-state index in [1.807, 2.05) is 0 Å². The summed E-state index contributed by atoms with van der Waals surface area (Å²) < 4.78 is 36.3. The standard InChI is InChI=1S/C10H9F3N2O3S/c11-10(12,13)9(18)15-6-2-1-4-14-8(6)19-5-3-7(16)17/h1-2,4H,3,5H2,(H,15,18)(H,16,17). The normalized spacial score (nSPS) is 11.1. The van der Waals surface area contributed by atoms with Crippen LogP contribution in [0.3, 0.4) is 0 Å². The number of hydrogen-bond donors (Lipinski definition) is 2. The van der Waals surface area contributed by atoms with Crippen LogP contribution in [0.4, 0.5) is 18.9 Å². The Morgan fingerprint density at radius 2 is 2.11 bits per heavy atom. The van der Waals surface area contributed by atoms with Crippen LogP contribution in [0, 0.1) is 0 Å². The number of carbonyl (C=O) groups excluding carboxylic acids is 1. The lowest BCUT2D eigenvalue weighted by Gasteiger charge is -2.10.